The summed E-state index contributed by atoms with van der Waals surface area (Å²) in [4.78, 5) is 0.159. The first kappa shape index (κ1) is 14.2. The maximum absolute atomic E-state index is 12.2. The fourth-order valence-corrected chi connectivity index (χ4v) is 3.04. The lowest BCUT2D eigenvalue weighted by molar-refractivity contribution is 0.601. The minimum Gasteiger partial charge on any atom is -0.279 e. The number of aryl methyl sites for hydroxylation is 1. The Balaban J connectivity index is 2.33. The first-order chi connectivity index (χ1) is 8.88. The topological polar surface area (TPSA) is 46.2 Å². The van der Waals surface area contributed by atoms with Gasteiger partial charge < -0.3 is 0 Å². The number of hydrogen-bond donors (Lipinski definition) is 1. The normalized spacial score (nSPS) is 11.3. The molecule has 100 valence electrons. The van der Waals surface area contributed by atoms with E-state index in [0.29, 0.717) is 15.7 Å². The molecule has 2 aromatic carbocycles. The molecule has 0 aromatic heterocycles. The largest absolute Gasteiger partial charge is 0.279 e. The van der Waals surface area contributed by atoms with Crippen LogP contribution in [0.25, 0.3) is 0 Å². The van der Waals surface area contributed by atoms with Crippen LogP contribution in [0, 0.1) is 6.92 Å². The van der Waals surface area contributed by atoms with Gasteiger partial charge in [0, 0.05) is 10.0 Å². The van der Waals surface area contributed by atoms with Gasteiger partial charge in [-0.3, -0.25) is 4.72 Å². The van der Waals surface area contributed by atoms with Crippen LogP contribution in [0.1, 0.15) is 5.56 Å². The van der Waals surface area contributed by atoms with Crippen molar-refractivity contribution < 1.29 is 8.42 Å². The van der Waals surface area contributed by atoms with Crippen molar-refractivity contribution in [3.05, 3.63) is 58.1 Å². The average molecular weight is 316 g/mol. The number of halogens is 2. The van der Waals surface area contributed by atoms with Crippen molar-refractivity contribution in [2.45, 2.75) is 11.8 Å². The molecular weight excluding hydrogens is 305 g/mol. The van der Waals surface area contributed by atoms with Crippen molar-refractivity contribution in [2.75, 3.05) is 4.72 Å². The third-order valence-electron chi connectivity index (χ3n) is 2.56. The van der Waals surface area contributed by atoms with Crippen LogP contribution in [-0.2, 0) is 10.0 Å². The second kappa shape index (κ2) is 5.41. The van der Waals surface area contributed by atoms with E-state index in [9.17, 15) is 8.42 Å². The number of nitrogens with one attached hydrogen (secondary N) is 1. The third-order valence-corrected chi connectivity index (χ3v) is 4.43. The van der Waals surface area contributed by atoms with Crippen LogP contribution < -0.4 is 4.72 Å². The first-order valence-electron chi connectivity index (χ1n) is 5.43. The zero-order chi connectivity index (χ0) is 14.0. The smallest absolute Gasteiger partial charge is 0.261 e. The van der Waals surface area contributed by atoms with Gasteiger partial charge >= 0.3 is 0 Å². The van der Waals surface area contributed by atoms with Gasteiger partial charge in [-0.1, -0.05) is 23.2 Å². The molecule has 0 bridgehead atoms. The fourth-order valence-electron chi connectivity index (χ4n) is 1.56. The third kappa shape index (κ3) is 3.41. The molecule has 1 N–H and O–H groups in total. The molecular formula is C13H11Cl2NO2S. The number of benzene rings is 2. The van der Waals surface area contributed by atoms with Crippen LogP contribution in [0.2, 0.25) is 10.0 Å². The van der Waals surface area contributed by atoms with Gasteiger partial charge in [0.05, 0.1) is 10.6 Å². The van der Waals surface area contributed by atoms with Crippen molar-refractivity contribution >= 4 is 38.9 Å². The van der Waals surface area contributed by atoms with E-state index in [2.05, 4.69) is 4.72 Å². The van der Waals surface area contributed by atoms with Crippen molar-refractivity contribution in [2.24, 2.45) is 0 Å². The molecule has 0 saturated heterocycles. The van der Waals surface area contributed by atoms with Gasteiger partial charge in [0.15, 0.2) is 0 Å². The highest BCUT2D eigenvalue weighted by Crippen LogP contribution is 2.23. The zero-order valence-electron chi connectivity index (χ0n) is 10.0. The summed E-state index contributed by atoms with van der Waals surface area (Å²) >= 11 is 11.6. The van der Waals surface area contributed by atoms with Crippen LogP contribution in [0.4, 0.5) is 5.69 Å². The van der Waals surface area contributed by atoms with Gasteiger partial charge in [-0.2, -0.15) is 0 Å². The van der Waals surface area contributed by atoms with E-state index in [1.165, 1.54) is 24.3 Å². The number of rotatable bonds is 3. The molecule has 0 amide bonds. The summed E-state index contributed by atoms with van der Waals surface area (Å²) in [5.74, 6) is 0. The highest BCUT2D eigenvalue weighted by atomic mass is 35.5. The van der Waals surface area contributed by atoms with Crippen LogP contribution >= 0.6 is 23.2 Å². The molecule has 3 nitrogen and oxygen atoms in total. The first-order valence-corrected chi connectivity index (χ1v) is 7.67. The summed E-state index contributed by atoms with van der Waals surface area (Å²) in [6.07, 6.45) is 0. The van der Waals surface area contributed by atoms with Crippen LogP contribution in [0.3, 0.4) is 0 Å². The highest BCUT2D eigenvalue weighted by Gasteiger charge is 2.15. The summed E-state index contributed by atoms with van der Waals surface area (Å²) in [5.41, 5.74) is 1.25. The standard InChI is InChI=1S/C13H11Cl2NO2S/c1-9-8-11(15)4-7-13(9)16-19(17,18)12-5-2-10(14)3-6-12/h2-8,16H,1H3. The summed E-state index contributed by atoms with van der Waals surface area (Å²) in [7, 11) is -3.62. The van der Waals surface area contributed by atoms with E-state index in [-0.39, 0.29) is 4.90 Å². The Kier molecular flexibility index (Phi) is 4.04. The van der Waals surface area contributed by atoms with Gasteiger partial charge in [-0.25, -0.2) is 8.42 Å². The molecule has 0 fully saturated rings. The molecule has 0 aliphatic carbocycles. The zero-order valence-corrected chi connectivity index (χ0v) is 12.4. The Labute approximate surface area is 122 Å². The lowest BCUT2D eigenvalue weighted by Gasteiger charge is -2.10. The highest BCUT2D eigenvalue weighted by molar-refractivity contribution is 7.92. The van der Waals surface area contributed by atoms with E-state index in [1.807, 2.05) is 0 Å². The summed E-state index contributed by atoms with van der Waals surface area (Å²) in [6, 6.07) is 10.9. The predicted molar refractivity (Wildman–Crippen MR) is 78.4 cm³/mol. The number of anilines is 1. The van der Waals surface area contributed by atoms with Gasteiger partial charge in [-0.15, -0.1) is 0 Å². The van der Waals surface area contributed by atoms with E-state index in [4.69, 9.17) is 23.2 Å². The quantitative estimate of drug-likeness (QED) is 0.926. The number of sulfonamides is 1. The van der Waals surface area contributed by atoms with E-state index in [1.54, 1.807) is 25.1 Å². The molecule has 0 spiro atoms. The molecule has 0 aliphatic heterocycles. The summed E-state index contributed by atoms with van der Waals surface area (Å²) in [6.45, 7) is 1.78. The van der Waals surface area contributed by atoms with Crippen molar-refractivity contribution in [1.29, 1.82) is 0 Å². The minimum atomic E-state index is -3.62. The second-order valence-electron chi connectivity index (χ2n) is 4.02. The Hall–Kier alpha value is -1.23. The number of hydrogen-bond acceptors (Lipinski definition) is 2. The Bertz CT molecular complexity index is 697. The van der Waals surface area contributed by atoms with Crippen molar-refractivity contribution in [3.63, 3.8) is 0 Å². The molecule has 0 radical (unpaired) electrons. The second-order valence-corrected chi connectivity index (χ2v) is 6.57. The van der Waals surface area contributed by atoms with E-state index < -0.39 is 10.0 Å². The van der Waals surface area contributed by atoms with Crippen LogP contribution in [0.15, 0.2) is 47.4 Å². The van der Waals surface area contributed by atoms with Gasteiger partial charge in [0.1, 0.15) is 0 Å². The maximum atomic E-state index is 12.2. The van der Waals surface area contributed by atoms with Gasteiger partial charge in [-0.05, 0) is 55.0 Å². The molecule has 0 heterocycles. The van der Waals surface area contributed by atoms with Crippen LogP contribution in [-0.4, -0.2) is 8.42 Å². The molecule has 0 saturated carbocycles. The minimum absolute atomic E-state index is 0.159. The van der Waals surface area contributed by atoms with Gasteiger partial charge in [0.2, 0.25) is 0 Å². The summed E-state index contributed by atoms with van der Waals surface area (Å²) in [5, 5.41) is 1.05. The lowest BCUT2D eigenvalue weighted by atomic mass is 10.2. The summed E-state index contributed by atoms with van der Waals surface area (Å²) < 4.78 is 26.8. The van der Waals surface area contributed by atoms with E-state index in [0.717, 1.165) is 5.56 Å². The van der Waals surface area contributed by atoms with E-state index >= 15 is 0 Å². The van der Waals surface area contributed by atoms with Gasteiger partial charge in [0.25, 0.3) is 10.0 Å². The molecule has 6 heteroatoms. The molecule has 0 atom stereocenters. The Morgan fingerprint density at radius 3 is 2.11 bits per heavy atom. The molecule has 2 aromatic rings. The molecule has 19 heavy (non-hydrogen) atoms. The lowest BCUT2D eigenvalue weighted by Crippen LogP contribution is -2.13. The SMILES string of the molecule is Cc1cc(Cl)ccc1NS(=O)(=O)c1ccc(Cl)cc1. The fraction of sp³-hybridized carbons (Fsp3) is 0.0769. The maximum Gasteiger partial charge on any atom is 0.261 e. The average Bonchev–Trinajstić information content (AvgIpc) is 2.33. The predicted octanol–water partition coefficient (Wildman–Crippen LogP) is 4.10. The molecule has 2 rings (SSSR count). The van der Waals surface area contributed by atoms with Crippen LogP contribution in [0.5, 0.6) is 0 Å². The Morgan fingerprint density at radius 1 is 0.947 bits per heavy atom. The monoisotopic (exact) mass is 315 g/mol. The molecule has 0 aliphatic rings. The van der Waals surface area contributed by atoms with Crippen molar-refractivity contribution in [3.8, 4) is 0 Å². The molecule has 0 unspecified atom stereocenters. The van der Waals surface area contributed by atoms with Crippen molar-refractivity contribution in [1.82, 2.24) is 0 Å². The Morgan fingerprint density at radius 2 is 1.53 bits per heavy atom.